The predicted octanol–water partition coefficient (Wildman–Crippen LogP) is 3.26. The highest BCUT2D eigenvalue weighted by Crippen LogP contribution is 2.34. The lowest BCUT2D eigenvalue weighted by molar-refractivity contribution is -0.116. The van der Waals surface area contributed by atoms with Crippen LogP contribution in [0.1, 0.15) is 31.2 Å². The van der Waals surface area contributed by atoms with Gasteiger partial charge in [-0.25, -0.2) is 8.42 Å². The molecule has 134 valence electrons. The largest absolute Gasteiger partial charge is 0.309 e. The van der Waals surface area contributed by atoms with Crippen LogP contribution in [0.3, 0.4) is 0 Å². The number of amides is 1. The van der Waals surface area contributed by atoms with Gasteiger partial charge in [0.05, 0.1) is 4.90 Å². The first kappa shape index (κ1) is 18.1. The Hall–Kier alpha value is -1.70. The summed E-state index contributed by atoms with van der Waals surface area (Å²) in [5.41, 5.74) is 1.73. The normalized spacial score (nSPS) is 17.1. The molecule has 0 aliphatic carbocycles. The zero-order valence-corrected chi connectivity index (χ0v) is 16.2. The summed E-state index contributed by atoms with van der Waals surface area (Å²) in [5, 5.41) is 1.95. The van der Waals surface area contributed by atoms with E-state index in [1.54, 1.807) is 34.4 Å². The number of thiophene rings is 1. The van der Waals surface area contributed by atoms with Gasteiger partial charge < -0.3 is 4.90 Å². The second-order valence-corrected chi connectivity index (χ2v) is 9.21. The molecule has 0 saturated carbocycles. The van der Waals surface area contributed by atoms with Crippen molar-refractivity contribution >= 4 is 33.0 Å². The summed E-state index contributed by atoms with van der Waals surface area (Å²) in [7, 11) is -3.57. The van der Waals surface area contributed by atoms with Crippen molar-refractivity contribution in [2.45, 2.75) is 44.7 Å². The second-order valence-electron chi connectivity index (χ2n) is 6.24. The molecule has 1 aromatic heterocycles. The molecule has 7 heteroatoms. The molecular weight excluding hydrogens is 356 g/mol. The van der Waals surface area contributed by atoms with Gasteiger partial charge in [-0.3, -0.25) is 4.79 Å². The van der Waals surface area contributed by atoms with Gasteiger partial charge in [0.15, 0.2) is 0 Å². The maximum atomic E-state index is 13.0. The van der Waals surface area contributed by atoms with Crippen LogP contribution in [0.25, 0.3) is 0 Å². The van der Waals surface area contributed by atoms with Crippen molar-refractivity contribution in [3.63, 3.8) is 0 Å². The summed E-state index contributed by atoms with van der Waals surface area (Å²) < 4.78 is 27.6. The van der Waals surface area contributed by atoms with Crippen molar-refractivity contribution in [1.29, 1.82) is 0 Å². The molecule has 0 fully saturated rings. The number of benzene rings is 1. The average Bonchev–Trinajstić information content (AvgIpc) is 3.17. The molecule has 25 heavy (non-hydrogen) atoms. The summed E-state index contributed by atoms with van der Waals surface area (Å²) in [5.74, 6) is -0.0188. The molecule has 2 aromatic rings. The van der Waals surface area contributed by atoms with Crippen molar-refractivity contribution in [3.8, 4) is 0 Å². The zero-order chi connectivity index (χ0) is 18.2. The third kappa shape index (κ3) is 3.36. The van der Waals surface area contributed by atoms with E-state index < -0.39 is 10.0 Å². The van der Waals surface area contributed by atoms with Gasteiger partial charge in [-0.1, -0.05) is 13.0 Å². The van der Waals surface area contributed by atoms with E-state index in [4.69, 9.17) is 0 Å². The Balaban J connectivity index is 1.93. The fourth-order valence-electron chi connectivity index (χ4n) is 3.34. The van der Waals surface area contributed by atoms with Gasteiger partial charge >= 0.3 is 0 Å². The smallest absolute Gasteiger partial charge is 0.243 e. The van der Waals surface area contributed by atoms with Crippen molar-refractivity contribution < 1.29 is 13.2 Å². The van der Waals surface area contributed by atoms with Crippen LogP contribution < -0.4 is 4.90 Å². The van der Waals surface area contributed by atoms with Crippen molar-refractivity contribution in [3.05, 3.63) is 46.2 Å². The number of carbonyl (C=O) groups is 1. The molecule has 3 rings (SSSR count). The van der Waals surface area contributed by atoms with E-state index in [1.807, 2.05) is 31.4 Å². The third-order valence-electron chi connectivity index (χ3n) is 4.51. The van der Waals surface area contributed by atoms with E-state index in [9.17, 15) is 13.2 Å². The van der Waals surface area contributed by atoms with E-state index in [1.165, 1.54) is 11.2 Å². The second kappa shape index (κ2) is 6.90. The van der Waals surface area contributed by atoms with Crippen LogP contribution in [0, 0.1) is 0 Å². The first-order valence-electron chi connectivity index (χ1n) is 8.30. The van der Waals surface area contributed by atoms with Crippen LogP contribution in [0.15, 0.2) is 40.6 Å². The summed E-state index contributed by atoms with van der Waals surface area (Å²) in [6.07, 6.45) is 0.676. The Morgan fingerprint density at radius 1 is 1.36 bits per heavy atom. The van der Waals surface area contributed by atoms with Gasteiger partial charge in [-0.2, -0.15) is 4.31 Å². The molecule has 0 spiro atoms. The SMILES string of the molecule is CCN(Cc1cccs1)S(=O)(=O)c1ccc2c(c1)CC(C)N2C(C)=O. The van der Waals surface area contributed by atoms with Crippen LogP contribution >= 0.6 is 11.3 Å². The van der Waals surface area contributed by atoms with Crippen LogP contribution in [-0.2, 0) is 27.8 Å². The van der Waals surface area contributed by atoms with E-state index in [0.29, 0.717) is 24.4 Å². The highest BCUT2D eigenvalue weighted by atomic mass is 32.2. The molecular formula is C18H22N2O3S2. The van der Waals surface area contributed by atoms with Crippen LogP contribution in [0.2, 0.25) is 0 Å². The molecule has 5 nitrogen and oxygen atoms in total. The van der Waals surface area contributed by atoms with Crippen molar-refractivity contribution in [2.24, 2.45) is 0 Å². The molecule has 1 amide bonds. The molecule has 0 saturated heterocycles. The first-order valence-corrected chi connectivity index (χ1v) is 10.6. The minimum absolute atomic E-state index is 0.0188. The third-order valence-corrected chi connectivity index (χ3v) is 7.29. The zero-order valence-electron chi connectivity index (χ0n) is 14.6. The van der Waals surface area contributed by atoms with Gasteiger partial charge in [0, 0.05) is 36.6 Å². The fourth-order valence-corrected chi connectivity index (χ4v) is 5.62. The van der Waals surface area contributed by atoms with E-state index in [2.05, 4.69) is 0 Å². The quantitative estimate of drug-likeness (QED) is 0.802. The minimum Gasteiger partial charge on any atom is -0.309 e. The molecule has 1 aliphatic rings. The molecule has 2 heterocycles. The van der Waals surface area contributed by atoms with Crippen molar-refractivity contribution in [2.75, 3.05) is 11.4 Å². The Morgan fingerprint density at radius 2 is 2.12 bits per heavy atom. The number of fused-ring (bicyclic) bond motifs is 1. The van der Waals surface area contributed by atoms with Gasteiger partial charge in [0.2, 0.25) is 15.9 Å². The highest BCUT2D eigenvalue weighted by Gasteiger charge is 2.31. The van der Waals surface area contributed by atoms with Gasteiger partial charge in [0.1, 0.15) is 0 Å². The van der Waals surface area contributed by atoms with E-state index >= 15 is 0 Å². The summed E-state index contributed by atoms with van der Waals surface area (Å²) in [6.45, 7) is 6.15. The Kier molecular flexibility index (Phi) is 4.99. The number of anilines is 1. The van der Waals surface area contributed by atoms with Crippen molar-refractivity contribution in [1.82, 2.24) is 4.31 Å². The molecule has 1 aliphatic heterocycles. The van der Waals surface area contributed by atoms with Crippen LogP contribution in [-0.4, -0.2) is 31.2 Å². The Labute approximate surface area is 152 Å². The monoisotopic (exact) mass is 378 g/mol. The lowest BCUT2D eigenvalue weighted by atomic mass is 10.1. The maximum absolute atomic E-state index is 13.0. The maximum Gasteiger partial charge on any atom is 0.243 e. The molecule has 1 aromatic carbocycles. The number of sulfonamides is 1. The summed E-state index contributed by atoms with van der Waals surface area (Å²) in [4.78, 5) is 14.9. The lowest BCUT2D eigenvalue weighted by Gasteiger charge is -2.22. The number of hydrogen-bond donors (Lipinski definition) is 0. The van der Waals surface area contributed by atoms with E-state index in [0.717, 1.165) is 16.1 Å². The number of rotatable bonds is 5. The van der Waals surface area contributed by atoms with Gasteiger partial charge in [-0.15, -0.1) is 11.3 Å². The van der Waals surface area contributed by atoms with Crippen LogP contribution in [0.5, 0.6) is 0 Å². The summed E-state index contributed by atoms with van der Waals surface area (Å²) in [6, 6.07) is 9.01. The fraction of sp³-hybridized carbons (Fsp3) is 0.389. The summed E-state index contributed by atoms with van der Waals surface area (Å²) >= 11 is 1.55. The highest BCUT2D eigenvalue weighted by molar-refractivity contribution is 7.89. The first-order chi connectivity index (χ1) is 11.8. The van der Waals surface area contributed by atoms with Gasteiger partial charge in [-0.05, 0) is 48.6 Å². The topological polar surface area (TPSA) is 57.7 Å². The minimum atomic E-state index is -3.57. The predicted molar refractivity (Wildman–Crippen MR) is 100 cm³/mol. The molecule has 1 unspecified atom stereocenters. The van der Waals surface area contributed by atoms with Gasteiger partial charge in [0.25, 0.3) is 0 Å². The van der Waals surface area contributed by atoms with E-state index in [-0.39, 0.29) is 11.9 Å². The molecule has 0 radical (unpaired) electrons. The Morgan fingerprint density at radius 3 is 2.72 bits per heavy atom. The Bertz CT molecular complexity index is 876. The molecule has 1 atom stereocenters. The van der Waals surface area contributed by atoms with Crippen LogP contribution in [0.4, 0.5) is 5.69 Å². The lowest BCUT2D eigenvalue weighted by Crippen LogP contribution is -2.33. The standard InChI is InChI=1S/C18H22N2O3S2/c1-4-19(12-16-6-5-9-24-16)25(22,23)17-7-8-18-15(11-17)10-13(2)20(18)14(3)21/h5-9,11,13H,4,10,12H2,1-3H3. The molecule has 0 bridgehead atoms. The average molecular weight is 379 g/mol. The number of nitrogens with zero attached hydrogens (tertiary/aromatic N) is 2. The number of hydrogen-bond acceptors (Lipinski definition) is 4. The number of carbonyl (C=O) groups excluding carboxylic acids is 1. The molecule has 0 N–H and O–H groups in total.